The Hall–Kier alpha value is -2.88. The molecule has 0 aliphatic carbocycles. The van der Waals surface area contributed by atoms with Crippen LogP contribution in [-0.2, 0) is 11.3 Å². The third-order valence-electron chi connectivity index (χ3n) is 3.99. The molecule has 7 heteroatoms. The minimum absolute atomic E-state index is 0.0415. The Morgan fingerprint density at radius 2 is 2.20 bits per heavy atom. The lowest BCUT2D eigenvalue weighted by Gasteiger charge is -2.09. The van der Waals surface area contributed by atoms with E-state index in [1.54, 1.807) is 19.9 Å². The molecule has 0 aliphatic heterocycles. The van der Waals surface area contributed by atoms with Crippen LogP contribution in [0.15, 0.2) is 16.2 Å². The van der Waals surface area contributed by atoms with E-state index in [-0.39, 0.29) is 5.57 Å². The largest absolute Gasteiger partial charge is 0.349 e. The molecule has 1 N–H and O–H groups in total. The van der Waals surface area contributed by atoms with Gasteiger partial charge in [0, 0.05) is 17.9 Å². The minimum Gasteiger partial charge on any atom is -0.349 e. The van der Waals surface area contributed by atoms with E-state index >= 15 is 0 Å². The average Bonchev–Trinajstić information content (AvgIpc) is 3.11. The van der Waals surface area contributed by atoms with Gasteiger partial charge in [0.1, 0.15) is 17.7 Å². The van der Waals surface area contributed by atoms with Crippen LogP contribution >= 0.6 is 0 Å². The molecule has 2 heterocycles. The number of rotatable bonds is 6. The Kier molecular flexibility index (Phi) is 5.75. The number of nitrogens with zero attached hydrogens (tertiary/aromatic N) is 4. The number of nitriles is 1. The fraction of sp³-hybridized carbons (Fsp3) is 0.444. The summed E-state index contributed by atoms with van der Waals surface area (Å²) in [5.74, 6) is 0.339. The molecule has 0 aromatic carbocycles. The molecule has 0 radical (unpaired) electrons. The van der Waals surface area contributed by atoms with Crippen molar-refractivity contribution in [3.8, 4) is 6.07 Å². The molecule has 0 bridgehead atoms. The molecule has 25 heavy (non-hydrogen) atoms. The van der Waals surface area contributed by atoms with Crippen LogP contribution in [0.25, 0.3) is 6.08 Å². The van der Waals surface area contributed by atoms with E-state index in [0.717, 1.165) is 29.9 Å². The highest BCUT2D eigenvalue weighted by atomic mass is 16.5. The Bertz CT molecular complexity index is 838. The molecule has 2 aromatic rings. The Labute approximate surface area is 147 Å². The summed E-state index contributed by atoms with van der Waals surface area (Å²) in [6.07, 6.45) is 2.64. The number of aryl methyl sites for hydroxylation is 2. The predicted octanol–water partition coefficient (Wildman–Crippen LogP) is 2.99. The first-order valence-electron chi connectivity index (χ1n) is 8.27. The summed E-state index contributed by atoms with van der Waals surface area (Å²) in [7, 11) is 0. The molecule has 1 atom stereocenters. The molecule has 0 aliphatic rings. The summed E-state index contributed by atoms with van der Waals surface area (Å²) in [4.78, 5) is 16.5. The van der Waals surface area contributed by atoms with Gasteiger partial charge in [-0.15, -0.1) is 0 Å². The smallest absolute Gasteiger partial charge is 0.262 e. The van der Waals surface area contributed by atoms with E-state index < -0.39 is 11.9 Å². The van der Waals surface area contributed by atoms with Crippen molar-refractivity contribution in [3.05, 3.63) is 40.3 Å². The molecule has 0 fully saturated rings. The highest BCUT2D eigenvalue weighted by Crippen LogP contribution is 2.19. The topological polar surface area (TPSA) is 96.7 Å². The first-order chi connectivity index (χ1) is 11.9. The maximum absolute atomic E-state index is 12.4. The van der Waals surface area contributed by atoms with Crippen molar-refractivity contribution in [3.63, 3.8) is 0 Å². The third-order valence-corrected chi connectivity index (χ3v) is 3.99. The molecule has 7 nitrogen and oxygen atoms in total. The summed E-state index contributed by atoms with van der Waals surface area (Å²) < 4.78 is 7.23. The number of aromatic nitrogens is 3. The van der Waals surface area contributed by atoms with Crippen molar-refractivity contribution < 1.29 is 9.32 Å². The Morgan fingerprint density at radius 3 is 2.76 bits per heavy atom. The van der Waals surface area contributed by atoms with Gasteiger partial charge >= 0.3 is 0 Å². The molecule has 1 amide bonds. The third kappa shape index (κ3) is 4.15. The van der Waals surface area contributed by atoms with Crippen LogP contribution in [0.1, 0.15) is 55.0 Å². The number of nitrogens with one attached hydrogen (secondary N) is 1. The van der Waals surface area contributed by atoms with Crippen LogP contribution in [0.3, 0.4) is 0 Å². The quantitative estimate of drug-likeness (QED) is 0.643. The van der Waals surface area contributed by atoms with E-state index in [4.69, 9.17) is 4.52 Å². The average molecular weight is 341 g/mol. The first kappa shape index (κ1) is 18.5. The highest BCUT2D eigenvalue weighted by Gasteiger charge is 2.19. The van der Waals surface area contributed by atoms with Gasteiger partial charge in [-0.25, -0.2) is 0 Å². The zero-order valence-electron chi connectivity index (χ0n) is 15.3. The fourth-order valence-corrected chi connectivity index (χ4v) is 2.67. The molecule has 0 spiro atoms. The van der Waals surface area contributed by atoms with Gasteiger partial charge in [0.2, 0.25) is 5.89 Å². The van der Waals surface area contributed by atoms with Crippen molar-refractivity contribution in [1.29, 1.82) is 5.26 Å². The normalized spacial score (nSPS) is 12.7. The molecular weight excluding hydrogens is 318 g/mol. The maximum atomic E-state index is 12.4. The van der Waals surface area contributed by atoms with Gasteiger partial charge in [-0.3, -0.25) is 4.79 Å². The second-order valence-corrected chi connectivity index (χ2v) is 6.02. The van der Waals surface area contributed by atoms with Gasteiger partial charge in [0.05, 0.1) is 0 Å². The molecule has 132 valence electrons. The number of hydrogen-bond acceptors (Lipinski definition) is 5. The number of carbonyl (C=O) groups is 1. The van der Waals surface area contributed by atoms with Crippen molar-refractivity contribution >= 4 is 12.0 Å². The van der Waals surface area contributed by atoms with Gasteiger partial charge in [0.15, 0.2) is 5.82 Å². The second-order valence-electron chi connectivity index (χ2n) is 6.02. The van der Waals surface area contributed by atoms with Gasteiger partial charge in [-0.2, -0.15) is 10.2 Å². The monoisotopic (exact) mass is 341 g/mol. The zero-order valence-corrected chi connectivity index (χ0v) is 15.3. The van der Waals surface area contributed by atoms with E-state index in [1.807, 2.05) is 26.0 Å². The summed E-state index contributed by atoms with van der Waals surface area (Å²) in [6, 6.07) is 3.49. The van der Waals surface area contributed by atoms with Crippen LogP contribution < -0.4 is 5.32 Å². The van der Waals surface area contributed by atoms with E-state index in [1.165, 1.54) is 0 Å². The molecule has 0 saturated heterocycles. The van der Waals surface area contributed by atoms with E-state index in [9.17, 15) is 10.1 Å². The SMILES string of the molecule is CCCn1c(C)cc(/C=C(\C#N)C(=O)N[C@@H](C)c2nc(C)no2)c1C. The van der Waals surface area contributed by atoms with Crippen LogP contribution in [0, 0.1) is 32.1 Å². The lowest BCUT2D eigenvalue weighted by atomic mass is 10.1. The van der Waals surface area contributed by atoms with Gasteiger partial charge in [-0.1, -0.05) is 12.1 Å². The molecule has 0 saturated carbocycles. The van der Waals surface area contributed by atoms with E-state index in [2.05, 4.69) is 26.9 Å². The Morgan fingerprint density at radius 1 is 1.48 bits per heavy atom. The number of amides is 1. The van der Waals surface area contributed by atoms with Crippen molar-refractivity contribution in [2.45, 2.75) is 53.6 Å². The summed E-state index contributed by atoms with van der Waals surface area (Å²) in [5, 5.41) is 15.8. The molecular formula is C18H23N5O2. The maximum Gasteiger partial charge on any atom is 0.262 e. The minimum atomic E-state index is -0.474. The summed E-state index contributed by atoms with van der Waals surface area (Å²) in [5.41, 5.74) is 3.07. The van der Waals surface area contributed by atoms with Gasteiger partial charge < -0.3 is 14.4 Å². The first-order valence-corrected chi connectivity index (χ1v) is 8.27. The standard InChI is InChI=1S/C18H23N5O2/c1-6-7-23-11(2)8-15(13(23)4)9-16(10-19)17(24)20-12(3)18-21-14(5)22-25-18/h8-9,12H,6-7H2,1-5H3,(H,20,24)/b16-9+/t12-/m0/s1. The van der Waals surface area contributed by atoms with Crippen LogP contribution in [0.4, 0.5) is 0 Å². The van der Waals surface area contributed by atoms with E-state index in [0.29, 0.717) is 11.7 Å². The van der Waals surface area contributed by atoms with Crippen molar-refractivity contribution in [2.24, 2.45) is 0 Å². The summed E-state index contributed by atoms with van der Waals surface area (Å²) in [6.45, 7) is 10.5. The molecule has 2 rings (SSSR count). The number of carbonyl (C=O) groups excluding carboxylic acids is 1. The van der Waals surface area contributed by atoms with Crippen molar-refractivity contribution in [2.75, 3.05) is 0 Å². The highest BCUT2D eigenvalue weighted by molar-refractivity contribution is 6.01. The Balaban J connectivity index is 2.21. The van der Waals surface area contributed by atoms with Gasteiger partial charge in [-0.05, 0) is 51.8 Å². The van der Waals surface area contributed by atoms with Gasteiger partial charge in [0.25, 0.3) is 5.91 Å². The zero-order chi connectivity index (χ0) is 18.6. The van der Waals surface area contributed by atoms with Crippen LogP contribution in [0.2, 0.25) is 0 Å². The summed E-state index contributed by atoms with van der Waals surface area (Å²) >= 11 is 0. The second kappa shape index (κ2) is 7.79. The lowest BCUT2D eigenvalue weighted by molar-refractivity contribution is -0.117. The van der Waals surface area contributed by atoms with Crippen molar-refractivity contribution in [1.82, 2.24) is 20.0 Å². The fourth-order valence-electron chi connectivity index (χ4n) is 2.67. The molecule has 0 unspecified atom stereocenters. The molecule has 2 aromatic heterocycles. The van der Waals surface area contributed by atoms with Crippen LogP contribution in [0.5, 0.6) is 0 Å². The lowest BCUT2D eigenvalue weighted by Crippen LogP contribution is -2.27. The number of hydrogen-bond donors (Lipinski definition) is 1. The van der Waals surface area contributed by atoms with Crippen LogP contribution in [-0.4, -0.2) is 20.6 Å². The predicted molar refractivity (Wildman–Crippen MR) is 93.4 cm³/mol.